The largest absolute Gasteiger partial charge is 0.477 e. The van der Waals surface area contributed by atoms with Crippen LogP contribution >= 0.6 is 11.8 Å². The second kappa shape index (κ2) is 10.8. The van der Waals surface area contributed by atoms with Gasteiger partial charge in [-0.2, -0.15) is 0 Å². The third kappa shape index (κ3) is 5.33. The predicted octanol–water partition coefficient (Wildman–Crippen LogP) is 2.62. The van der Waals surface area contributed by atoms with Crippen molar-refractivity contribution in [2.24, 2.45) is 0 Å². The average Bonchev–Trinajstić information content (AvgIpc) is 2.88. The van der Waals surface area contributed by atoms with E-state index in [0.29, 0.717) is 11.1 Å². The van der Waals surface area contributed by atoms with Gasteiger partial charge in [0, 0.05) is 36.7 Å². The van der Waals surface area contributed by atoms with Crippen molar-refractivity contribution in [1.29, 1.82) is 0 Å². The minimum Gasteiger partial charge on any atom is -0.477 e. The number of carbonyl (C=O) groups is 5. The van der Waals surface area contributed by atoms with Crippen LogP contribution in [0, 0.1) is 0 Å². The van der Waals surface area contributed by atoms with Gasteiger partial charge in [0.15, 0.2) is 5.78 Å². The van der Waals surface area contributed by atoms with Crippen molar-refractivity contribution in [2.45, 2.75) is 31.2 Å². The minimum absolute atomic E-state index is 0.0221. The van der Waals surface area contributed by atoms with E-state index in [-0.39, 0.29) is 36.7 Å². The fraction of sp³-hybridized carbons (Fsp3) is 0.269. The lowest BCUT2D eigenvalue weighted by molar-refractivity contribution is -0.151. The van der Waals surface area contributed by atoms with E-state index in [2.05, 4.69) is 5.32 Å². The van der Waals surface area contributed by atoms with E-state index in [9.17, 15) is 29.1 Å². The van der Waals surface area contributed by atoms with Gasteiger partial charge in [-0.15, -0.1) is 11.8 Å². The van der Waals surface area contributed by atoms with E-state index in [1.54, 1.807) is 12.1 Å². The normalized spacial score (nSPS) is 18.7. The summed E-state index contributed by atoms with van der Waals surface area (Å²) in [5, 5.41) is 11.6. The second-order valence-corrected chi connectivity index (χ2v) is 9.46. The Balaban J connectivity index is 1.31. The average molecular weight is 509 g/mol. The highest BCUT2D eigenvalue weighted by Gasteiger charge is 2.54. The van der Waals surface area contributed by atoms with Crippen molar-refractivity contribution in [3.05, 3.63) is 71.4 Å². The maximum absolute atomic E-state index is 12.7. The molecule has 0 unspecified atom stereocenters. The van der Waals surface area contributed by atoms with E-state index in [1.165, 1.54) is 18.7 Å². The van der Waals surface area contributed by atoms with Gasteiger partial charge in [-0.05, 0) is 11.1 Å². The van der Waals surface area contributed by atoms with Gasteiger partial charge in [0.2, 0.25) is 5.91 Å². The fourth-order valence-electron chi connectivity index (χ4n) is 4.08. The molecule has 2 aliphatic rings. The van der Waals surface area contributed by atoms with Gasteiger partial charge < -0.3 is 15.2 Å². The molecule has 0 aliphatic carbocycles. The standard InChI is InChI=1S/C26H24N2O7S/c1-15(29)35-13-19-14-36-25-22(24(32)28(25)23(19)26(33)34)27-21(31)12-11-20(30)18-9-7-17(8-10-18)16-5-3-2-4-6-16/h2-10,22,25H,11-14H2,1H3,(H,27,31)(H,33,34)/t22-,25-/m1/s1. The molecule has 2 heterocycles. The van der Waals surface area contributed by atoms with Gasteiger partial charge >= 0.3 is 11.9 Å². The molecular formula is C26H24N2O7S. The van der Waals surface area contributed by atoms with Gasteiger partial charge in [-0.1, -0.05) is 54.6 Å². The molecular weight excluding hydrogens is 484 g/mol. The molecule has 9 nitrogen and oxygen atoms in total. The number of ketones is 1. The molecule has 2 N–H and O–H groups in total. The minimum atomic E-state index is -1.30. The number of β-lactam (4-membered cyclic amide) rings is 1. The zero-order chi connectivity index (χ0) is 25.8. The number of benzene rings is 2. The number of nitrogens with one attached hydrogen (secondary N) is 1. The molecule has 2 atom stereocenters. The molecule has 2 aromatic rings. The molecule has 0 radical (unpaired) electrons. The molecule has 2 aromatic carbocycles. The number of aliphatic carboxylic acids is 1. The number of thioether (sulfide) groups is 1. The number of esters is 1. The first kappa shape index (κ1) is 25.2. The number of carbonyl (C=O) groups excluding carboxylic acids is 4. The summed E-state index contributed by atoms with van der Waals surface area (Å²) in [6.45, 7) is 0.997. The number of fused-ring (bicyclic) bond motifs is 1. The summed E-state index contributed by atoms with van der Waals surface area (Å²) in [4.78, 5) is 61.6. The van der Waals surface area contributed by atoms with Crippen molar-refractivity contribution in [1.82, 2.24) is 10.2 Å². The quantitative estimate of drug-likeness (QED) is 0.300. The monoisotopic (exact) mass is 508 g/mol. The van der Waals surface area contributed by atoms with Crippen LogP contribution in [-0.4, -0.2) is 63.3 Å². The Morgan fingerprint density at radius 3 is 2.33 bits per heavy atom. The number of Topliss-reactive ketones (excluding diaryl/α,β-unsaturated/α-hetero) is 1. The van der Waals surface area contributed by atoms with Crippen molar-refractivity contribution < 1.29 is 33.8 Å². The third-order valence-corrected chi connectivity index (χ3v) is 7.25. The van der Waals surface area contributed by atoms with Crippen LogP contribution in [0.5, 0.6) is 0 Å². The SMILES string of the molecule is CC(=O)OCC1=C(C(=O)O)N2C(=O)[C@@H](NC(=O)CCC(=O)c3ccc(-c4ccccc4)cc3)[C@H]2SC1. The van der Waals surface area contributed by atoms with Gasteiger partial charge in [0.1, 0.15) is 23.7 Å². The molecule has 4 rings (SSSR count). The number of hydrogen-bond acceptors (Lipinski definition) is 7. The van der Waals surface area contributed by atoms with Crippen LogP contribution < -0.4 is 5.32 Å². The van der Waals surface area contributed by atoms with Crippen LogP contribution in [0.15, 0.2) is 65.9 Å². The zero-order valence-corrected chi connectivity index (χ0v) is 20.2. The number of ether oxygens (including phenoxy) is 1. The summed E-state index contributed by atoms with van der Waals surface area (Å²) >= 11 is 1.28. The predicted molar refractivity (Wildman–Crippen MR) is 132 cm³/mol. The highest BCUT2D eigenvalue weighted by molar-refractivity contribution is 8.00. The summed E-state index contributed by atoms with van der Waals surface area (Å²) in [5.41, 5.74) is 2.61. The van der Waals surface area contributed by atoms with E-state index < -0.39 is 35.2 Å². The first-order valence-corrected chi connectivity index (χ1v) is 12.3. The van der Waals surface area contributed by atoms with Gasteiger partial charge in [-0.25, -0.2) is 4.79 Å². The van der Waals surface area contributed by atoms with Crippen molar-refractivity contribution in [2.75, 3.05) is 12.4 Å². The highest BCUT2D eigenvalue weighted by Crippen LogP contribution is 2.40. The van der Waals surface area contributed by atoms with Gasteiger partial charge in [0.05, 0.1) is 0 Å². The molecule has 186 valence electrons. The Labute approximate surface area is 211 Å². The maximum Gasteiger partial charge on any atom is 0.352 e. The Morgan fingerprint density at radius 2 is 1.69 bits per heavy atom. The lowest BCUT2D eigenvalue weighted by Crippen LogP contribution is -2.70. The smallest absolute Gasteiger partial charge is 0.352 e. The van der Waals surface area contributed by atoms with Gasteiger partial charge in [0.25, 0.3) is 5.91 Å². The second-order valence-electron chi connectivity index (χ2n) is 8.36. The van der Waals surface area contributed by atoms with Crippen LogP contribution in [0.1, 0.15) is 30.1 Å². The number of nitrogens with zero attached hydrogens (tertiary/aromatic N) is 1. The Morgan fingerprint density at radius 1 is 1.03 bits per heavy atom. The Kier molecular flexibility index (Phi) is 7.54. The Hall–Kier alpha value is -3.92. The molecule has 2 aliphatic heterocycles. The molecule has 0 bridgehead atoms. The van der Waals surface area contributed by atoms with E-state index in [4.69, 9.17) is 4.74 Å². The lowest BCUT2D eigenvalue weighted by atomic mass is 10.0. The van der Waals surface area contributed by atoms with Crippen LogP contribution in [0.4, 0.5) is 0 Å². The van der Waals surface area contributed by atoms with Crippen LogP contribution in [-0.2, 0) is 23.9 Å². The molecule has 1 fully saturated rings. The highest BCUT2D eigenvalue weighted by atomic mass is 32.2. The van der Waals surface area contributed by atoms with E-state index >= 15 is 0 Å². The number of rotatable bonds is 9. The molecule has 0 aromatic heterocycles. The topological polar surface area (TPSA) is 130 Å². The van der Waals surface area contributed by atoms with Crippen LogP contribution in [0.25, 0.3) is 11.1 Å². The van der Waals surface area contributed by atoms with Crippen molar-refractivity contribution >= 4 is 41.3 Å². The third-order valence-electron chi connectivity index (χ3n) is 5.91. The Bertz CT molecular complexity index is 1240. The number of carboxylic acid groups (broad SMARTS) is 1. The molecule has 0 saturated carbocycles. The first-order chi connectivity index (χ1) is 17.3. The molecule has 1 saturated heterocycles. The molecule has 0 spiro atoms. The number of hydrogen-bond donors (Lipinski definition) is 2. The van der Waals surface area contributed by atoms with E-state index in [0.717, 1.165) is 16.0 Å². The van der Waals surface area contributed by atoms with Crippen LogP contribution in [0.3, 0.4) is 0 Å². The molecule has 36 heavy (non-hydrogen) atoms. The number of amides is 2. The lowest BCUT2D eigenvalue weighted by Gasteiger charge is -2.49. The summed E-state index contributed by atoms with van der Waals surface area (Å²) in [6.07, 6.45) is -0.120. The van der Waals surface area contributed by atoms with Crippen molar-refractivity contribution in [3.63, 3.8) is 0 Å². The summed E-state index contributed by atoms with van der Waals surface area (Å²) in [5.74, 6) is -2.82. The van der Waals surface area contributed by atoms with Crippen LogP contribution in [0.2, 0.25) is 0 Å². The van der Waals surface area contributed by atoms with E-state index in [1.807, 2.05) is 42.5 Å². The zero-order valence-electron chi connectivity index (χ0n) is 19.4. The van der Waals surface area contributed by atoms with Gasteiger partial charge in [-0.3, -0.25) is 24.1 Å². The first-order valence-electron chi connectivity index (χ1n) is 11.3. The fourth-order valence-corrected chi connectivity index (χ4v) is 5.41. The summed E-state index contributed by atoms with van der Waals surface area (Å²) in [7, 11) is 0. The number of carboxylic acids is 1. The molecule has 10 heteroatoms. The summed E-state index contributed by atoms with van der Waals surface area (Å²) < 4.78 is 4.90. The maximum atomic E-state index is 12.7. The van der Waals surface area contributed by atoms with Crippen molar-refractivity contribution in [3.8, 4) is 11.1 Å². The summed E-state index contributed by atoms with van der Waals surface area (Å²) in [6, 6.07) is 16.0. The molecule has 2 amide bonds.